The van der Waals surface area contributed by atoms with Crippen LogP contribution in [0.3, 0.4) is 0 Å². The van der Waals surface area contributed by atoms with E-state index >= 15 is 0 Å². The van der Waals surface area contributed by atoms with E-state index < -0.39 is 0 Å². The van der Waals surface area contributed by atoms with E-state index in [4.69, 9.17) is 9.47 Å². The SMILES string of the molecule is Cc1ccc(Cc2ccc(N3COc4ccc(C5(c6ccc7c(c6)CN(C)CO7)C6CC7CC(C6)CC5C7)cc4C3)cc2)cc1. The zero-order chi connectivity index (χ0) is 30.1. The third-order valence-corrected chi connectivity index (χ3v) is 12.0. The van der Waals surface area contributed by atoms with Gasteiger partial charge >= 0.3 is 0 Å². The van der Waals surface area contributed by atoms with Crippen LogP contribution < -0.4 is 14.4 Å². The first-order chi connectivity index (χ1) is 22.0. The van der Waals surface area contributed by atoms with E-state index in [0.29, 0.717) is 25.3 Å². The lowest BCUT2D eigenvalue weighted by Gasteiger charge is -2.62. The Labute approximate surface area is 268 Å². The van der Waals surface area contributed by atoms with Crippen LogP contribution in [0.15, 0.2) is 84.9 Å². The van der Waals surface area contributed by atoms with Gasteiger partial charge in [-0.2, -0.15) is 0 Å². The predicted molar refractivity (Wildman–Crippen MR) is 180 cm³/mol. The summed E-state index contributed by atoms with van der Waals surface area (Å²) in [5.41, 5.74) is 11.0. The van der Waals surface area contributed by atoms with Crippen LogP contribution in [0.4, 0.5) is 5.69 Å². The molecule has 0 radical (unpaired) electrons. The molecule has 4 heteroatoms. The maximum absolute atomic E-state index is 6.42. The minimum absolute atomic E-state index is 0.0629. The second-order valence-electron chi connectivity index (χ2n) is 14.9. The van der Waals surface area contributed by atoms with Crippen molar-refractivity contribution in [1.29, 1.82) is 0 Å². The Kier molecular flexibility index (Phi) is 6.52. The highest BCUT2D eigenvalue weighted by Gasteiger charge is 2.58. The van der Waals surface area contributed by atoms with Crippen molar-refractivity contribution in [3.63, 3.8) is 0 Å². The second-order valence-corrected chi connectivity index (χ2v) is 14.9. The van der Waals surface area contributed by atoms with Gasteiger partial charge in [-0.25, -0.2) is 0 Å². The Morgan fingerprint density at radius 2 is 1.20 bits per heavy atom. The molecule has 0 spiro atoms. The number of benzene rings is 4. The summed E-state index contributed by atoms with van der Waals surface area (Å²) in [4.78, 5) is 4.66. The summed E-state index contributed by atoms with van der Waals surface area (Å²) in [6, 6.07) is 32.5. The van der Waals surface area contributed by atoms with E-state index in [2.05, 4.69) is 109 Å². The molecule has 4 aliphatic carbocycles. The fourth-order valence-electron chi connectivity index (χ4n) is 10.1. The Hall–Kier alpha value is -3.76. The van der Waals surface area contributed by atoms with Crippen LogP contribution in [0.5, 0.6) is 11.5 Å². The van der Waals surface area contributed by atoms with Crippen molar-refractivity contribution in [3.05, 3.63) is 124 Å². The molecule has 0 amide bonds. The summed E-state index contributed by atoms with van der Waals surface area (Å²) in [7, 11) is 2.15. The van der Waals surface area contributed by atoms with Crippen LogP contribution >= 0.6 is 0 Å². The lowest BCUT2D eigenvalue weighted by Crippen LogP contribution is -2.56. The van der Waals surface area contributed by atoms with E-state index in [1.807, 2.05) is 0 Å². The smallest absolute Gasteiger partial charge is 0.161 e. The molecule has 0 N–H and O–H groups in total. The summed E-state index contributed by atoms with van der Waals surface area (Å²) in [6.45, 7) is 5.23. The van der Waals surface area contributed by atoms with Crippen molar-refractivity contribution in [2.24, 2.45) is 23.7 Å². The van der Waals surface area contributed by atoms with Gasteiger partial charge in [-0.05, 0) is 135 Å². The van der Waals surface area contributed by atoms with Gasteiger partial charge in [-0.15, -0.1) is 0 Å². The number of ether oxygens (including phenoxy) is 2. The molecule has 4 fully saturated rings. The van der Waals surface area contributed by atoms with Crippen LogP contribution in [0.25, 0.3) is 0 Å². The van der Waals surface area contributed by atoms with E-state index in [1.54, 1.807) is 0 Å². The first-order valence-corrected chi connectivity index (χ1v) is 17.1. The molecular weight excluding hydrogens is 552 g/mol. The topological polar surface area (TPSA) is 24.9 Å². The molecule has 4 aromatic carbocycles. The van der Waals surface area contributed by atoms with Crippen LogP contribution in [-0.2, 0) is 24.9 Å². The minimum Gasteiger partial charge on any atom is -0.478 e. The quantitative estimate of drug-likeness (QED) is 0.231. The van der Waals surface area contributed by atoms with Gasteiger partial charge in [0.15, 0.2) is 6.73 Å². The molecule has 2 heterocycles. The number of hydrogen-bond acceptors (Lipinski definition) is 4. The number of anilines is 1. The summed E-state index contributed by atoms with van der Waals surface area (Å²) in [5.74, 6) is 5.35. The molecule has 0 aromatic heterocycles. The maximum atomic E-state index is 6.42. The molecule has 4 saturated carbocycles. The molecule has 0 saturated heterocycles. The number of aryl methyl sites for hydroxylation is 1. The van der Waals surface area contributed by atoms with Gasteiger partial charge in [-0.1, -0.05) is 54.1 Å². The van der Waals surface area contributed by atoms with Gasteiger partial charge in [-0.3, -0.25) is 4.90 Å². The highest BCUT2D eigenvalue weighted by molar-refractivity contribution is 5.55. The number of rotatable bonds is 5. The van der Waals surface area contributed by atoms with Crippen molar-refractivity contribution in [2.45, 2.75) is 64.0 Å². The third-order valence-electron chi connectivity index (χ3n) is 12.0. The Morgan fingerprint density at radius 1 is 0.644 bits per heavy atom. The van der Waals surface area contributed by atoms with Crippen LogP contribution in [0.2, 0.25) is 0 Å². The van der Waals surface area contributed by atoms with Gasteiger partial charge in [0, 0.05) is 35.3 Å². The Balaban J connectivity index is 1.04. The average molecular weight is 597 g/mol. The highest BCUT2D eigenvalue weighted by Crippen LogP contribution is 2.65. The van der Waals surface area contributed by atoms with E-state index in [-0.39, 0.29) is 5.41 Å². The fraction of sp³-hybridized carbons (Fsp3) is 0.415. The molecule has 0 atom stereocenters. The molecule has 4 bridgehead atoms. The summed E-state index contributed by atoms with van der Waals surface area (Å²) >= 11 is 0. The summed E-state index contributed by atoms with van der Waals surface area (Å²) in [6.07, 6.45) is 7.90. The zero-order valence-corrected chi connectivity index (χ0v) is 26.7. The van der Waals surface area contributed by atoms with Crippen LogP contribution in [0, 0.1) is 30.6 Å². The van der Waals surface area contributed by atoms with Gasteiger partial charge < -0.3 is 14.4 Å². The van der Waals surface area contributed by atoms with E-state index in [1.165, 1.54) is 76.7 Å². The van der Waals surface area contributed by atoms with Crippen LogP contribution in [-0.4, -0.2) is 25.4 Å². The fourth-order valence-corrected chi connectivity index (χ4v) is 10.1. The van der Waals surface area contributed by atoms with E-state index in [9.17, 15) is 0 Å². The minimum atomic E-state index is 0.0629. The molecule has 10 rings (SSSR count). The summed E-state index contributed by atoms with van der Waals surface area (Å²) in [5, 5.41) is 0. The van der Waals surface area contributed by atoms with Crippen molar-refractivity contribution >= 4 is 5.69 Å². The Bertz CT molecular complexity index is 1700. The normalized spacial score (nSPS) is 28.3. The van der Waals surface area contributed by atoms with Crippen LogP contribution in [0.1, 0.15) is 71.0 Å². The first kappa shape index (κ1) is 27.5. The lowest BCUT2D eigenvalue weighted by molar-refractivity contribution is -0.0420. The molecule has 45 heavy (non-hydrogen) atoms. The molecule has 2 aliphatic heterocycles. The van der Waals surface area contributed by atoms with Crippen molar-refractivity contribution in [1.82, 2.24) is 4.90 Å². The van der Waals surface area contributed by atoms with Crippen molar-refractivity contribution < 1.29 is 9.47 Å². The standard InChI is InChI=1S/C41H44N2O2/c1-27-3-5-28(6-4-27)15-29-7-11-38(12-8-29)43-24-33-22-35(10-14-40(33)45-26-43)41(36-17-30-16-31(19-36)20-37(41)18-30)34-9-13-39-32(21-34)23-42(2)25-44-39/h3-14,21-22,30-31,36-37H,15-20,23-26H2,1-2H3. The molecular formula is C41H44N2O2. The van der Waals surface area contributed by atoms with Gasteiger partial charge in [0.1, 0.15) is 18.2 Å². The number of hydrogen-bond donors (Lipinski definition) is 0. The monoisotopic (exact) mass is 596 g/mol. The van der Waals surface area contributed by atoms with E-state index in [0.717, 1.165) is 42.8 Å². The molecule has 6 aliphatic rings. The Morgan fingerprint density at radius 3 is 1.82 bits per heavy atom. The third kappa shape index (κ3) is 4.67. The number of fused-ring (bicyclic) bond motifs is 2. The van der Waals surface area contributed by atoms with Gasteiger partial charge in [0.25, 0.3) is 0 Å². The molecule has 0 unspecified atom stereocenters. The van der Waals surface area contributed by atoms with Crippen molar-refractivity contribution in [2.75, 3.05) is 25.4 Å². The molecule has 4 aromatic rings. The first-order valence-electron chi connectivity index (χ1n) is 17.1. The van der Waals surface area contributed by atoms with Gasteiger partial charge in [0.05, 0.1) is 0 Å². The average Bonchev–Trinajstić information content (AvgIpc) is 3.05. The summed E-state index contributed by atoms with van der Waals surface area (Å²) < 4.78 is 12.5. The van der Waals surface area contributed by atoms with Crippen molar-refractivity contribution in [3.8, 4) is 11.5 Å². The largest absolute Gasteiger partial charge is 0.478 e. The predicted octanol–water partition coefficient (Wildman–Crippen LogP) is 8.47. The number of nitrogens with zero attached hydrogens (tertiary/aromatic N) is 2. The highest BCUT2D eigenvalue weighted by atomic mass is 16.5. The second kappa shape index (κ2) is 10.7. The van der Waals surface area contributed by atoms with Gasteiger partial charge in [0.2, 0.25) is 0 Å². The molecule has 4 nitrogen and oxygen atoms in total. The zero-order valence-electron chi connectivity index (χ0n) is 26.7. The lowest BCUT2D eigenvalue weighted by atomic mass is 9.42. The molecule has 230 valence electrons. The maximum Gasteiger partial charge on any atom is 0.161 e.